The molecular weight excluding hydrogens is 312 g/mol. The average molecular weight is 325 g/mol. The molecule has 1 aromatic carbocycles. The molecule has 104 valence electrons. The van der Waals surface area contributed by atoms with Gasteiger partial charge in [0.15, 0.2) is 0 Å². The Morgan fingerprint density at radius 2 is 2.16 bits per heavy atom. The van der Waals surface area contributed by atoms with Crippen molar-refractivity contribution in [1.82, 2.24) is 0 Å². The predicted octanol–water partition coefficient (Wildman–Crippen LogP) is 4.25. The van der Waals surface area contributed by atoms with Crippen LogP contribution in [0.4, 0.5) is 10.5 Å². The van der Waals surface area contributed by atoms with E-state index in [-0.39, 0.29) is 11.8 Å². The number of amides is 1. The van der Waals surface area contributed by atoms with Gasteiger partial charge >= 0.3 is 6.09 Å². The van der Waals surface area contributed by atoms with Crippen LogP contribution in [0.2, 0.25) is 5.02 Å². The first-order valence-electron chi connectivity index (χ1n) is 5.62. The van der Waals surface area contributed by atoms with Crippen LogP contribution in [0.3, 0.4) is 0 Å². The smallest absolute Gasteiger partial charge is 0.409 e. The van der Waals surface area contributed by atoms with Gasteiger partial charge in [-0.1, -0.05) is 18.5 Å². The second-order valence-electron chi connectivity index (χ2n) is 4.46. The van der Waals surface area contributed by atoms with Crippen molar-refractivity contribution >= 4 is 46.6 Å². The lowest BCUT2D eigenvalue weighted by atomic mass is 10.3. The molecule has 0 spiro atoms. The number of ether oxygens (including phenoxy) is 1. The number of benzene rings is 1. The maximum absolute atomic E-state index is 10.5. The van der Waals surface area contributed by atoms with E-state index in [1.54, 1.807) is 12.1 Å². The summed E-state index contributed by atoms with van der Waals surface area (Å²) in [5.41, 5.74) is 0.383. The Balaban J connectivity index is 1.96. The van der Waals surface area contributed by atoms with Gasteiger partial charge in [-0.25, -0.2) is 4.79 Å². The Morgan fingerprint density at radius 1 is 1.53 bits per heavy atom. The van der Waals surface area contributed by atoms with Crippen LogP contribution >= 0.6 is 34.8 Å². The maximum Gasteiger partial charge on any atom is 0.409 e. The summed E-state index contributed by atoms with van der Waals surface area (Å²) in [5, 5.41) is 11.1. The fourth-order valence-corrected chi connectivity index (χ4v) is 2.73. The molecule has 2 unspecified atom stereocenters. The SMILES string of the molecule is CC1C(COc2ccc(NC(=O)O)cc2Cl)C1(Cl)Cl. The summed E-state index contributed by atoms with van der Waals surface area (Å²) < 4.78 is 4.83. The predicted molar refractivity (Wildman–Crippen MR) is 75.7 cm³/mol. The quantitative estimate of drug-likeness (QED) is 0.814. The van der Waals surface area contributed by atoms with Crippen LogP contribution in [0.1, 0.15) is 6.92 Å². The molecule has 19 heavy (non-hydrogen) atoms. The van der Waals surface area contributed by atoms with Crippen LogP contribution in [-0.4, -0.2) is 22.1 Å². The minimum absolute atomic E-state index is 0.0729. The number of carboxylic acid groups (broad SMARTS) is 1. The molecule has 2 rings (SSSR count). The van der Waals surface area contributed by atoms with Crippen molar-refractivity contribution in [2.45, 2.75) is 11.3 Å². The number of hydrogen-bond donors (Lipinski definition) is 2. The van der Waals surface area contributed by atoms with E-state index < -0.39 is 10.4 Å². The first-order chi connectivity index (χ1) is 8.82. The second-order valence-corrected chi connectivity index (χ2v) is 6.31. The van der Waals surface area contributed by atoms with Crippen molar-refractivity contribution in [3.63, 3.8) is 0 Å². The molecule has 2 atom stereocenters. The van der Waals surface area contributed by atoms with Crippen LogP contribution in [0.5, 0.6) is 5.75 Å². The molecule has 1 aliphatic carbocycles. The molecule has 0 bridgehead atoms. The van der Waals surface area contributed by atoms with E-state index in [0.717, 1.165) is 0 Å². The molecule has 7 heteroatoms. The van der Waals surface area contributed by atoms with Crippen LogP contribution in [0, 0.1) is 11.8 Å². The fraction of sp³-hybridized carbons (Fsp3) is 0.417. The van der Waals surface area contributed by atoms with Gasteiger partial charge in [0.2, 0.25) is 0 Å². The van der Waals surface area contributed by atoms with Crippen molar-refractivity contribution < 1.29 is 14.6 Å². The third kappa shape index (κ3) is 3.19. The normalized spacial score (nSPS) is 23.8. The Morgan fingerprint density at radius 3 is 2.63 bits per heavy atom. The molecule has 0 aromatic heterocycles. The van der Waals surface area contributed by atoms with E-state index in [2.05, 4.69) is 5.32 Å². The van der Waals surface area contributed by atoms with E-state index in [1.807, 2.05) is 6.92 Å². The standard InChI is InChI=1S/C12H12Cl3NO3/c1-6-8(12(6,14)15)5-19-10-3-2-7(4-9(10)13)16-11(17)18/h2-4,6,8,16H,5H2,1H3,(H,17,18). The Bertz CT molecular complexity index is 507. The monoisotopic (exact) mass is 323 g/mol. The van der Waals surface area contributed by atoms with Gasteiger partial charge in [0, 0.05) is 11.6 Å². The molecule has 1 aliphatic rings. The molecule has 1 aromatic rings. The number of anilines is 1. The number of carbonyl (C=O) groups is 1. The minimum atomic E-state index is -1.15. The van der Waals surface area contributed by atoms with Crippen molar-refractivity contribution in [3.8, 4) is 5.75 Å². The van der Waals surface area contributed by atoms with Gasteiger partial charge in [0.25, 0.3) is 0 Å². The van der Waals surface area contributed by atoms with Crippen molar-refractivity contribution in [2.24, 2.45) is 11.8 Å². The molecular formula is C12H12Cl3NO3. The van der Waals surface area contributed by atoms with Gasteiger partial charge in [0.1, 0.15) is 10.1 Å². The topological polar surface area (TPSA) is 58.6 Å². The van der Waals surface area contributed by atoms with E-state index in [9.17, 15) is 4.79 Å². The van der Waals surface area contributed by atoms with Gasteiger partial charge < -0.3 is 9.84 Å². The molecule has 0 heterocycles. The summed E-state index contributed by atoms with van der Waals surface area (Å²) in [6, 6.07) is 4.65. The molecule has 1 fully saturated rings. The van der Waals surface area contributed by atoms with Crippen LogP contribution in [-0.2, 0) is 0 Å². The lowest BCUT2D eigenvalue weighted by Crippen LogP contribution is -2.08. The number of nitrogens with one attached hydrogen (secondary N) is 1. The van der Waals surface area contributed by atoms with Crippen LogP contribution in [0.15, 0.2) is 18.2 Å². The maximum atomic E-state index is 10.5. The third-order valence-corrected chi connectivity index (χ3v) is 4.74. The van der Waals surface area contributed by atoms with Crippen LogP contribution in [0.25, 0.3) is 0 Å². The highest BCUT2D eigenvalue weighted by atomic mass is 35.5. The van der Waals surface area contributed by atoms with Gasteiger partial charge in [-0.05, 0) is 24.1 Å². The number of hydrogen-bond acceptors (Lipinski definition) is 2. The Kier molecular flexibility index (Phi) is 4.04. The number of alkyl halides is 2. The van der Waals surface area contributed by atoms with Crippen LogP contribution < -0.4 is 10.1 Å². The summed E-state index contributed by atoms with van der Waals surface area (Å²) >= 11 is 18.0. The number of rotatable bonds is 4. The number of halogens is 3. The van der Waals surface area contributed by atoms with E-state index in [1.165, 1.54) is 6.07 Å². The van der Waals surface area contributed by atoms with Crippen molar-refractivity contribution in [2.75, 3.05) is 11.9 Å². The minimum Gasteiger partial charge on any atom is -0.492 e. The first-order valence-corrected chi connectivity index (χ1v) is 6.76. The summed E-state index contributed by atoms with van der Waals surface area (Å²) in [6.07, 6.45) is -1.15. The molecule has 1 amide bonds. The van der Waals surface area contributed by atoms with Crippen molar-refractivity contribution in [3.05, 3.63) is 23.2 Å². The molecule has 2 N–H and O–H groups in total. The largest absolute Gasteiger partial charge is 0.492 e. The summed E-state index contributed by atoms with van der Waals surface area (Å²) in [6.45, 7) is 2.33. The van der Waals surface area contributed by atoms with E-state index in [4.69, 9.17) is 44.6 Å². The highest BCUT2D eigenvalue weighted by Crippen LogP contribution is 2.58. The molecule has 0 radical (unpaired) electrons. The second kappa shape index (κ2) is 5.27. The molecule has 0 aliphatic heterocycles. The highest BCUT2D eigenvalue weighted by molar-refractivity contribution is 6.51. The van der Waals surface area contributed by atoms with Gasteiger partial charge in [0.05, 0.1) is 11.6 Å². The zero-order chi connectivity index (χ0) is 14.2. The van der Waals surface area contributed by atoms with Gasteiger partial charge in [-0.2, -0.15) is 0 Å². The van der Waals surface area contributed by atoms with E-state index in [0.29, 0.717) is 23.1 Å². The Hall–Kier alpha value is -0.840. The Labute approximate surface area is 125 Å². The molecule has 0 saturated heterocycles. The van der Waals surface area contributed by atoms with Gasteiger partial charge in [-0.15, -0.1) is 23.2 Å². The van der Waals surface area contributed by atoms with Crippen molar-refractivity contribution in [1.29, 1.82) is 0 Å². The highest BCUT2D eigenvalue weighted by Gasteiger charge is 2.60. The average Bonchev–Trinajstić information content (AvgIpc) is 2.76. The summed E-state index contributed by atoms with van der Waals surface area (Å²) in [7, 11) is 0. The lowest BCUT2D eigenvalue weighted by Gasteiger charge is -2.09. The van der Waals surface area contributed by atoms with E-state index >= 15 is 0 Å². The summed E-state index contributed by atoms with van der Waals surface area (Å²) in [5.74, 6) is 0.729. The summed E-state index contributed by atoms with van der Waals surface area (Å²) in [4.78, 5) is 10.5. The fourth-order valence-electron chi connectivity index (χ4n) is 1.81. The zero-order valence-corrected chi connectivity index (χ0v) is 12.3. The first kappa shape index (κ1) is 14.6. The zero-order valence-electron chi connectivity index (χ0n) is 9.99. The lowest BCUT2D eigenvalue weighted by molar-refractivity contribution is 0.209. The molecule has 1 saturated carbocycles. The molecule has 4 nitrogen and oxygen atoms in total. The third-order valence-electron chi connectivity index (χ3n) is 3.20. The van der Waals surface area contributed by atoms with Gasteiger partial charge in [-0.3, -0.25) is 5.32 Å².